The van der Waals surface area contributed by atoms with Crippen LogP contribution in [-0.2, 0) is 11.2 Å². The van der Waals surface area contributed by atoms with Crippen LogP contribution >= 0.6 is 0 Å². The fourth-order valence-electron chi connectivity index (χ4n) is 1.47. The number of halogens is 3. The number of carboxylic acid groups (broad SMARTS) is 1. The summed E-state index contributed by atoms with van der Waals surface area (Å²) in [6, 6.07) is -2.14. The molecule has 0 bridgehead atoms. The lowest BCUT2D eigenvalue weighted by molar-refractivity contribution is -0.140. The van der Waals surface area contributed by atoms with Crippen LogP contribution in [0.2, 0.25) is 0 Å². The predicted octanol–water partition coefficient (Wildman–Crippen LogP) is 0.999. The molecule has 1 heterocycles. The number of hydrogen-bond donors (Lipinski definition) is 3. The number of nitrogens with one attached hydrogen (secondary N) is 2. The van der Waals surface area contributed by atoms with Crippen LogP contribution in [0.1, 0.15) is 12.1 Å². The van der Waals surface area contributed by atoms with E-state index in [-0.39, 0.29) is 6.42 Å². The zero-order valence-corrected chi connectivity index (χ0v) is 11.1. The maximum Gasteiger partial charge on any atom is 0.390 e. The van der Waals surface area contributed by atoms with E-state index >= 15 is 0 Å². The molecule has 0 radical (unpaired) electrons. The molecule has 118 valence electrons. The Labute approximate surface area is 118 Å². The standard InChI is InChI=1S/C11H15F3N4O3/c1-18(3-2-11(12,13)14)10(21)17-8(9(19)20)4-7-5-15-6-16-7/h5-6,8H,2-4H2,1H3,(H,15,16)(H,17,21)(H,19,20)/t8-/m1/s1. The minimum atomic E-state index is -4.38. The monoisotopic (exact) mass is 308 g/mol. The van der Waals surface area contributed by atoms with Gasteiger partial charge >= 0.3 is 18.2 Å². The van der Waals surface area contributed by atoms with E-state index in [0.29, 0.717) is 5.69 Å². The second kappa shape index (κ2) is 6.95. The number of rotatable bonds is 6. The number of carbonyl (C=O) groups excluding carboxylic acids is 1. The zero-order valence-electron chi connectivity index (χ0n) is 11.1. The number of carbonyl (C=O) groups is 2. The van der Waals surface area contributed by atoms with Crippen LogP contribution in [0.15, 0.2) is 12.5 Å². The molecule has 1 aromatic rings. The molecule has 0 aliphatic heterocycles. The quantitative estimate of drug-likeness (QED) is 0.730. The zero-order chi connectivity index (χ0) is 16.0. The van der Waals surface area contributed by atoms with Crippen LogP contribution in [0.4, 0.5) is 18.0 Å². The molecule has 10 heteroatoms. The largest absolute Gasteiger partial charge is 0.480 e. The van der Waals surface area contributed by atoms with Gasteiger partial charge in [0.25, 0.3) is 0 Å². The maximum atomic E-state index is 12.1. The molecule has 0 aromatic carbocycles. The van der Waals surface area contributed by atoms with Crippen molar-refractivity contribution >= 4 is 12.0 Å². The Hall–Kier alpha value is -2.26. The maximum absolute atomic E-state index is 12.1. The van der Waals surface area contributed by atoms with E-state index in [9.17, 15) is 22.8 Å². The molecule has 0 fully saturated rings. The van der Waals surface area contributed by atoms with Gasteiger partial charge in [-0.1, -0.05) is 0 Å². The summed E-state index contributed by atoms with van der Waals surface area (Å²) < 4.78 is 36.2. The van der Waals surface area contributed by atoms with Gasteiger partial charge in [-0.2, -0.15) is 13.2 Å². The van der Waals surface area contributed by atoms with E-state index in [1.807, 2.05) is 0 Å². The summed E-state index contributed by atoms with van der Waals surface area (Å²) in [6.07, 6.45) is -2.83. The molecular weight excluding hydrogens is 293 g/mol. The number of aromatic nitrogens is 2. The van der Waals surface area contributed by atoms with Crippen LogP contribution in [0.25, 0.3) is 0 Å². The smallest absolute Gasteiger partial charge is 0.390 e. The first-order chi connectivity index (χ1) is 9.69. The van der Waals surface area contributed by atoms with E-state index in [2.05, 4.69) is 15.3 Å². The molecule has 0 saturated heterocycles. The van der Waals surface area contributed by atoms with E-state index in [1.54, 1.807) is 0 Å². The molecule has 0 spiro atoms. The lowest BCUT2D eigenvalue weighted by Gasteiger charge is -2.21. The van der Waals surface area contributed by atoms with Gasteiger partial charge in [-0.3, -0.25) is 0 Å². The summed E-state index contributed by atoms with van der Waals surface area (Å²) in [7, 11) is 1.16. The second-order valence-electron chi connectivity index (χ2n) is 4.41. The highest BCUT2D eigenvalue weighted by molar-refractivity contribution is 5.82. The average Bonchev–Trinajstić information content (AvgIpc) is 2.86. The first-order valence-electron chi connectivity index (χ1n) is 5.97. The van der Waals surface area contributed by atoms with Crippen molar-refractivity contribution in [1.82, 2.24) is 20.2 Å². The molecule has 3 N–H and O–H groups in total. The predicted molar refractivity (Wildman–Crippen MR) is 65.5 cm³/mol. The second-order valence-corrected chi connectivity index (χ2v) is 4.41. The molecule has 2 amide bonds. The molecule has 7 nitrogen and oxygen atoms in total. The van der Waals surface area contributed by atoms with Crippen LogP contribution in [0.5, 0.6) is 0 Å². The van der Waals surface area contributed by atoms with Crippen molar-refractivity contribution in [2.24, 2.45) is 0 Å². The Morgan fingerprint density at radius 2 is 2.19 bits per heavy atom. The average molecular weight is 308 g/mol. The number of urea groups is 1. The molecular formula is C11H15F3N4O3. The summed E-state index contributed by atoms with van der Waals surface area (Å²) in [4.78, 5) is 29.9. The number of aromatic amines is 1. The lowest BCUT2D eigenvalue weighted by Crippen LogP contribution is -2.48. The Bertz CT molecular complexity index is 476. The number of imidazole rings is 1. The molecule has 1 atom stereocenters. The third-order valence-corrected chi connectivity index (χ3v) is 2.65. The third kappa shape index (κ3) is 6.15. The van der Waals surface area contributed by atoms with Crippen LogP contribution in [-0.4, -0.2) is 57.8 Å². The normalized spacial score (nSPS) is 12.8. The molecule has 0 aliphatic rings. The van der Waals surface area contributed by atoms with Gasteiger partial charge < -0.3 is 20.3 Å². The first-order valence-corrected chi connectivity index (χ1v) is 5.97. The van der Waals surface area contributed by atoms with Crippen LogP contribution in [0.3, 0.4) is 0 Å². The minimum absolute atomic E-state index is 0.0474. The van der Waals surface area contributed by atoms with Crippen molar-refractivity contribution in [1.29, 1.82) is 0 Å². The molecule has 0 saturated carbocycles. The van der Waals surface area contributed by atoms with Crippen molar-refractivity contribution in [2.45, 2.75) is 25.1 Å². The summed E-state index contributed by atoms with van der Waals surface area (Å²) in [5.41, 5.74) is 0.487. The Balaban J connectivity index is 2.54. The SMILES string of the molecule is CN(CCC(F)(F)F)C(=O)N[C@H](Cc1cnc[nH]1)C(=O)O. The van der Waals surface area contributed by atoms with Gasteiger partial charge in [0, 0.05) is 31.9 Å². The van der Waals surface area contributed by atoms with Crippen LogP contribution < -0.4 is 5.32 Å². The summed E-state index contributed by atoms with van der Waals surface area (Å²) >= 11 is 0. The summed E-state index contributed by atoms with van der Waals surface area (Å²) in [6.45, 7) is -0.550. The minimum Gasteiger partial charge on any atom is -0.480 e. The first kappa shape index (κ1) is 16.8. The Morgan fingerprint density at radius 3 is 2.67 bits per heavy atom. The van der Waals surface area contributed by atoms with E-state index in [0.717, 1.165) is 11.9 Å². The summed E-state index contributed by atoms with van der Waals surface area (Å²) in [5, 5.41) is 11.2. The molecule has 1 rings (SSSR count). The highest BCUT2D eigenvalue weighted by Gasteiger charge is 2.29. The Morgan fingerprint density at radius 1 is 1.52 bits per heavy atom. The van der Waals surface area contributed by atoms with Crippen LogP contribution in [0, 0.1) is 0 Å². The van der Waals surface area contributed by atoms with Gasteiger partial charge in [-0.05, 0) is 0 Å². The van der Waals surface area contributed by atoms with E-state index < -0.39 is 37.2 Å². The van der Waals surface area contributed by atoms with Crippen molar-refractivity contribution in [3.05, 3.63) is 18.2 Å². The van der Waals surface area contributed by atoms with Crippen molar-refractivity contribution < 1.29 is 27.9 Å². The van der Waals surface area contributed by atoms with Gasteiger partial charge in [0.2, 0.25) is 0 Å². The fraction of sp³-hybridized carbons (Fsp3) is 0.545. The number of H-pyrrole nitrogens is 1. The van der Waals surface area contributed by atoms with E-state index in [1.165, 1.54) is 12.5 Å². The van der Waals surface area contributed by atoms with Gasteiger partial charge in [-0.15, -0.1) is 0 Å². The third-order valence-electron chi connectivity index (χ3n) is 2.65. The number of aliphatic carboxylic acids is 1. The van der Waals surface area contributed by atoms with Crippen molar-refractivity contribution in [3.8, 4) is 0 Å². The van der Waals surface area contributed by atoms with E-state index in [4.69, 9.17) is 5.11 Å². The fourth-order valence-corrected chi connectivity index (χ4v) is 1.47. The number of amides is 2. The lowest BCUT2D eigenvalue weighted by atomic mass is 10.1. The van der Waals surface area contributed by atoms with Gasteiger partial charge in [0.1, 0.15) is 6.04 Å². The van der Waals surface area contributed by atoms with Gasteiger partial charge in [0.15, 0.2) is 0 Å². The topological polar surface area (TPSA) is 98.3 Å². The number of alkyl halides is 3. The van der Waals surface area contributed by atoms with Crippen molar-refractivity contribution in [3.63, 3.8) is 0 Å². The van der Waals surface area contributed by atoms with Gasteiger partial charge in [-0.25, -0.2) is 14.6 Å². The highest BCUT2D eigenvalue weighted by atomic mass is 19.4. The molecule has 21 heavy (non-hydrogen) atoms. The highest BCUT2D eigenvalue weighted by Crippen LogP contribution is 2.19. The van der Waals surface area contributed by atoms with Crippen molar-refractivity contribution in [2.75, 3.05) is 13.6 Å². The van der Waals surface area contributed by atoms with Gasteiger partial charge in [0.05, 0.1) is 12.7 Å². The molecule has 1 aromatic heterocycles. The molecule has 0 aliphatic carbocycles. The number of carboxylic acids is 1. The number of hydrogen-bond acceptors (Lipinski definition) is 3. The Kier molecular flexibility index (Phi) is 5.56. The number of nitrogens with zero attached hydrogens (tertiary/aromatic N) is 2. The summed E-state index contributed by atoms with van der Waals surface area (Å²) in [5.74, 6) is -1.29. The molecule has 0 unspecified atom stereocenters.